The first-order valence-corrected chi connectivity index (χ1v) is 8.33. The molecule has 5 nitrogen and oxygen atoms in total. The molecule has 1 atom stereocenters. The van der Waals surface area contributed by atoms with E-state index < -0.39 is 0 Å². The lowest BCUT2D eigenvalue weighted by Gasteiger charge is -2.27. The maximum Gasteiger partial charge on any atom is 0.232 e. The number of amides is 1. The molecule has 1 aliphatic rings. The number of aromatic amines is 1. The van der Waals surface area contributed by atoms with E-state index in [2.05, 4.69) is 22.2 Å². The lowest BCUT2D eigenvalue weighted by atomic mass is 10.3. The largest absolute Gasteiger partial charge is 0.341 e. The fourth-order valence-corrected chi connectivity index (χ4v) is 3.29. The Balaban J connectivity index is 1.58. The predicted octanol–water partition coefficient (Wildman–Crippen LogP) is 1.79. The molecule has 1 unspecified atom stereocenters. The molecule has 21 heavy (non-hydrogen) atoms. The number of nitrogens with one attached hydrogen (secondary N) is 2. The van der Waals surface area contributed by atoms with Crippen molar-refractivity contribution in [2.24, 2.45) is 0 Å². The number of hydrogen-bond donors (Lipinski definition) is 2. The Kier molecular flexibility index (Phi) is 4.45. The number of hydrogen-bond acceptors (Lipinski definition) is 4. The first-order chi connectivity index (χ1) is 10.2. The third-order valence-electron chi connectivity index (χ3n) is 3.72. The molecule has 6 heteroatoms. The van der Waals surface area contributed by atoms with Crippen LogP contribution in [0.15, 0.2) is 24.3 Å². The van der Waals surface area contributed by atoms with Crippen molar-refractivity contribution in [3.8, 4) is 0 Å². The van der Waals surface area contributed by atoms with Gasteiger partial charge in [0.25, 0.3) is 0 Å². The summed E-state index contributed by atoms with van der Waals surface area (Å²) < 4.78 is 0. The van der Waals surface area contributed by atoms with Gasteiger partial charge in [0, 0.05) is 26.2 Å². The van der Waals surface area contributed by atoms with Gasteiger partial charge in [-0.1, -0.05) is 12.1 Å². The highest BCUT2D eigenvalue weighted by molar-refractivity contribution is 8.00. The van der Waals surface area contributed by atoms with Crippen molar-refractivity contribution in [3.05, 3.63) is 30.1 Å². The third kappa shape index (κ3) is 3.39. The molecule has 1 aromatic carbocycles. The van der Waals surface area contributed by atoms with E-state index in [1.165, 1.54) is 0 Å². The summed E-state index contributed by atoms with van der Waals surface area (Å²) in [4.78, 5) is 22.0. The van der Waals surface area contributed by atoms with Gasteiger partial charge in [-0.2, -0.15) is 0 Å². The Morgan fingerprint density at radius 2 is 2.14 bits per heavy atom. The Hall–Kier alpha value is -1.53. The zero-order valence-electron chi connectivity index (χ0n) is 12.1. The van der Waals surface area contributed by atoms with E-state index in [-0.39, 0.29) is 11.2 Å². The minimum Gasteiger partial charge on any atom is -0.341 e. The molecule has 1 fully saturated rings. The molecule has 1 amide bonds. The van der Waals surface area contributed by atoms with Crippen molar-refractivity contribution < 1.29 is 4.79 Å². The lowest BCUT2D eigenvalue weighted by Crippen LogP contribution is -2.47. The quantitative estimate of drug-likeness (QED) is 0.904. The first-order valence-electron chi connectivity index (χ1n) is 7.29. The van der Waals surface area contributed by atoms with Crippen LogP contribution >= 0.6 is 11.8 Å². The highest BCUT2D eigenvalue weighted by atomic mass is 32.2. The lowest BCUT2D eigenvalue weighted by molar-refractivity contribution is -0.128. The van der Waals surface area contributed by atoms with Crippen LogP contribution in [0.1, 0.15) is 18.0 Å². The molecule has 0 aliphatic carbocycles. The summed E-state index contributed by atoms with van der Waals surface area (Å²) in [6.07, 6.45) is 0. The third-order valence-corrected chi connectivity index (χ3v) is 4.86. The van der Waals surface area contributed by atoms with Crippen LogP contribution < -0.4 is 5.32 Å². The van der Waals surface area contributed by atoms with Crippen LogP contribution in [0.25, 0.3) is 11.0 Å². The number of imidazole rings is 1. The molecular formula is C15H20N4OS. The summed E-state index contributed by atoms with van der Waals surface area (Å²) in [5.74, 6) is 1.68. The maximum absolute atomic E-state index is 12.2. The van der Waals surface area contributed by atoms with Crippen LogP contribution in [0, 0.1) is 0 Å². The van der Waals surface area contributed by atoms with E-state index >= 15 is 0 Å². The molecule has 1 aromatic heterocycles. The van der Waals surface area contributed by atoms with E-state index in [1.54, 1.807) is 11.8 Å². The van der Waals surface area contributed by atoms with E-state index in [0.717, 1.165) is 43.0 Å². The number of rotatable bonds is 4. The van der Waals surface area contributed by atoms with Crippen LogP contribution in [-0.4, -0.2) is 52.7 Å². The second-order valence-electron chi connectivity index (χ2n) is 5.22. The van der Waals surface area contributed by atoms with Gasteiger partial charge in [-0.05, 0) is 19.1 Å². The summed E-state index contributed by atoms with van der Waals surface area (Å²) in [6.45, 7) is 5.52. The number of benzene rings is 1. The van der Waals surface area contributed by atoms with Gasteiger partial charge in [-0.15, -0.1) is 11.8 Å². The topological polar surface area (TPSA) is 61.0 Å². The second-order valence-corrected chi connectivity index (χ2v) is 6.55. The summed E-state index contributed by atoms with van der Waals surface area (Å²) in [6, 6.07) is 8.00. The van der Waals surface area contributed by atoms with Crippen molar-refractivity contribution in [2.45, 2.75) is 12.2 Å². The van der Waals surface area contributed by atoms with Crippen LogP contribution in [0.5, 0.6) is 0 Å². The van der Waals surface area contributed by atoms with Crippen LogP contribution in [0.3, 0.4) is 0 Å². The Morgan fingerprint density at radius 3 is 2.90 bits per heavy atom. The molecule has 0 spiro atoms. The van der Waals surface area contributed by atoms with E-state index in [4.69, 9.17) is 0 Å². The molecule has 2 aromatic rings. The minimum absolute atomic E-state index is 0.185. The van der Waals surface area contributed by atoms with Crippen molar-refractivity contribution in [1.29, 1.82) is 0 Å². The second kappa shape index (κ2) is 6.49. The summed E-state index contributed by atoms with van der Waals surface area (Å²) >= 11 is 1.64. The number of carbonyl (C=O) groups is 1. The highest BCUT2D eigenvalue weighted by Crippen LogP contribution is 2.27. The number of H-pyrrole nitrogens is 1. The standard InChI is InChI=1S/C15H20N4OS/c1-11(15-17-12-4-2-3-5-13(12)18-15)21-10-14(20)19-8-6-16-7-9-19/h2-5,11,16H,6-10H2,1H3,(H,17,18). The highest BCUT2D eigenvalue weighted by Gasteiger charge is 2.18. The number of piperazine rings is 1. The average Bonchev–Trinajstić information content (AvgIpc) is 2.97. The van der Waals surface area contributed by atoms with Crippen molar-refractivity contribution in [3.63, 3.8) is 0 Å². The number of para-hydroxylation sites is 2. The molecule has 3 rings (SSSR count). The van der Waals surface area contributed by atoms with Gasteiger partial charge in [-0.3, -0.25) is 4.79 Å². The maximum atomic E-state index is 12.2. The molecule has 1 aliphatic heterocycles. The van der Waals surface area contributed by atoms with E-state index in [0.29, 0.717) is 5.75 Å². The molecule has 0 radical (unpaired) electrons. The van der Waals surface area contributed by atoms with Gasteiger partial charge in [0.15, 0.2) is 0 Å². The van der Waals surface area contributed by atoms with Crippen LogP contribution in [-0.2, 0) is 4.79 Å². The van der Waals surface area contributed by atoms with Crippen molar-refractivity contribution >= 4 is 28.7 Å². The zero-order chi connectivity index (χ0) is 14.7. The fraction of sp³-hybridized carbons (Fsp3) is 0.467. The predicted molar refractivity (Wildman–Crippen MR) is 86.4 cm³/mol. The Bertz CT molecular complexity index is 588. The Morgan fingerprint density at radius 1 is 1.38 bits per heavy atom. The van der Waals surface area contributed by atoms with Crippen LogP contribution in [0.2, 0.25) is 0 Å². The van der Waals surface area contributed by atoms with Crippen LogP contribution in [0.4, 0.5) is 0 Å². The smallest absolute Gasteiger partial charge is 0.232 e. The number of fused-ring (bicyclic) bond motifs is 1. The van der Waals surface area contributed by atoms with Gasteiger partial charge in [0.2, 0.25) is 5.91 Å². The fourth-order valence-electron chi connectivity index (χ4n) is 2.45. The summed E-state index contributed by atoms with van der Waals surface area (Å²) in [7, 11) is 0. The minimum atomic E-state index is 0.185. The summed E-state index contributed by atoms with van der Waals surface area (Å²) in [5, 5.41) is 3.44. The van der Waals surface area contributed by atoms with E-state index in [9.17, 15) is 4.79 Å². The monoisotopic (exact) mass is 304 g/mol. The first kappa shape index (κ1) is 14.4. The molecular weight excluding hydrogens is 284 g/mol. The number of carbonyl (C=O) groups excluding carboxylic acids is 1. The summed E-state index contributed by atoms with van der Waals surface area (Å²) in [5.41, 5.74) is 2.03. The van der Waals surface area contributed by atoms with Gasteiger partial charge >= 0.3 is 0 Å². The Labute approximate surface area is 128 Å². The average molecular weight is 304 g/mol. The zero-order valence-corrected chi connectivity index (χ0v) is 12.9. The molecule has 2 heterocycles. The molecule has 0 saturated carbocycles. The van der Waals surface area contributed by atoms with Crippen molar-refractivity contribution in [2.75, 3.05) is 31.9 Å². The number of thioether (sulfide) groups is 1. The molecule has 0 bridgehead atoms. The van der Waals surface area contributed by atoms with E-state index in [1.807, 2.05) is 29.2 Å². The van der Waals surface area contributed by atoms with Gasteiger partial charge in [-0.25, -0.2) is 4.98 Å². The van der Waals surface area contributed by atoms with Gasteiger partial charge < -0.3 is 15.2 Å². The number of nitrogens with zero attached hydrogens (tertiary/aromatic N) is 2. The molecule has 1 saturated heterocycles. The SMILES string of the molecule is CC(SCC(=O)N1CCNCC1)c1nc2ccccc2[nH]1. The molecule has 2 N–H and O–H groups in total. The number of aromatic nitrogens is 2. The van der Waals surface area contributed by atoms with Gasteiger partial charge in [0.05, 0.1) is 22.0 Å². The van der Waals surface area contributed by atoms with Crippen molar-refractivity contribution in [1.82, 2.24) is 20.2 Å². The molecule has 112 valence electrons. The van der Waals surface area contributed by atoms with Gasteiger partial charge in [0.1, 0.15) is 5.82 Å². The normalized spacial score (nSPS) is 17.1.